The fraction of sp³-hybridized carbons (Fsp3) is 0.100. The summed E-state index contributed by atoms with van der Waals surface area (Å²) in [5, 5.41) is 13.6. The normalized spacial score (nSPS) is 10.5. The minimum absolute atomic E-state index is 0.0239. The van der Waals surface area contributed by atoms with Gasteiger partial charge in [-0.1, -0.05) is 11.6 Å². The van der Waals surface area contributed by atoms with Crippen LogP contribution in [0.25, 0.3) is 5.82 Å². The van der Waals surface area contributed by atoms with E-state index in [1.165, 1.54) is 23.1 Å². The lowest BCUT2D eigenvalue weighted by Crippen LogP contribution is -2.09. The van der Waals surface area contributed by atoms with Gasteiger partial charge in [0.15, 0.2) is 5.82 Å². The second kappa shape index (κ2) is 4.06. The number of halogens is 1. The number of aryl methyl sites for hydroxylation is 1. The molecule has 3 N–H and O–H groups in total. The Labute approximate surface area is 102 Å². The number of hydrogen-bond donors (Lipinski definition) is 2. The van der Waals surface area contributed by atoms with Crippen LogP contribution in [0.2, 0.25) is 5.02 Å². The maximum atomic E-state index is 11.1. The van der Waals surface area contributed by atoms with Crippen molar-refractivity contribution in [3.63, 3.8) is 0 Å². The number of aromatic nitrogens is 3. The van der Waals surface area contributed by atoms with Crippen LogP contribution >= 0.6 is 11.6 Å². The van der Waals surface area contributed by atoms with Crippen LogP contribution in [0, 0.1) is 6.92 Å². The molecule has 7 heteroatoms. The van der Waals surface area contributed by atoms with E-state index in [1.807, 2.05) is 0 Å². The zero-order chi connectivity index (χ0) is 12.6. The van der Waals surface area contributed by atoms with Crippen LogP contribution in [0.3, 0.4) is 0 Å². The fourth-order valence-electron chi connectivity index (χ4n) is 1.36. The van der Waals surface area contributed by atoms with Gasteiger partial charge >= 0.3 is 5.97 Å². The van der Waals surface area contributed by atoms with Gasteiger partial charge in [0.1, 0.15) is 5.56 Å². The van der Waals surface area contributed by atoms with E-state index in [0.29, 0.717) is 10.7 Å². The van der Waals surface area contributed by atoms with Gasteiger partial charge in [0, 0.05) is 0 Å². The second-order valence-electron chi connectivity index (χ2n) is 3.45. The number of rotatable bonds is 2. The van der Waals surface area contributed by atoms with Gasteiger partial charge in [-0.2, -0.15) is 5.10 Å². The number of nitrogen functional groups attached to an aromatic ring is 1. The number of aromatic carboxylic acids is 1. The quantitative estimate of drug-likeness (QED) is 0.845. The number of carboxylic acids is 1. The number of carboxylic acid groups (broad SMARTS) is 1. The monoisotopic (exact) mass is 252 g/mol. The van der Waals surface area contributed by atoms with E-state index in [2.05, 4.69) is 10.1 Å². The first-order valence-corrected chi connectivity index (χ1v) is 5.08. The van der Waals surface area contributed by atoms with E-state index >= 15 is 0 Å². The number of carbonyl (C=O) groups is 1. The van der Waals surface area contributed by atoms with Crippen molar-refractivity contribution in [2.24, 2.45) is 0 Å². The first-order chi connectivity index (χ1) is 7.99. The van der Waals surface area contributed by atoms with Gasteiger partial charge in [0.2, 0.25) is 0 Å². The number of anilines is 1. The van der Waals surface area contributed by atoms with Crippen molar-refractivity contribution in [1.82, 2.24) is 14.8 Å². The number of nitrogens with zero attached hydrogens (tertiary/aromatic N) is 3. The number of nitrogens with two attached hydrogens (primary N) is 1. The zero-order valence-corrected chi connectivity index (χ0v) is 9.64. The van der Waals surface area contributed by atoms with Gasteiger partial charge in [-0.3, -0.25) is 0 Å². The molecule has 0 aliphatic carbocycles. The SMILES string of the molecule is Cc1nn(-c2ncc(N)cc2C(=O)O)cc1Cl. The molecular weight excluding hydrogens is 244 g/mol. The van der Waals surface area contributed by atoms with Crippen molar-refractivity contribution in [3.05, 3.63) is 34.7 Å². The third kappa shape index (κ3) is 2.07. The third-order valence-electron chi connectivity index (χ3n) is 2.17. The summed E-state index contributed by atoms with van der Waals surface area (Å²) in [5.41, 5.74) is 6.35. The van der Waals surface area contributed by atoms with E-state index in [4.69, 9.17) is 22.4 Å². The van der Waals surface area contributed by atoms with Gasteiger partial charge in [0.25, 0.3) is 0 Å². The third-order valence-corrected chi connectivity index (χ3v) is 2.55. The Hall–Kier alpha value is -2.08. The summed E-state index contributed by atoms with van der Waals surface area (Å²) in [6.07, 6.45) is 2.87. The van der Waals surface area contributed by atoms with Gasteiger partial charge < -0.3 is 10.8 Å². The van der Waals surface area contributed by atoms with Crippen LogP contribution < -0.4 is 5.73 Å². The Morgan fingerprint density at radius 3 is 2.82 bits per heavy atom. The molecule has 0 aliphatic rings. The summed E-state index contributed by atoms with van der Waals surface area (Å²) in [6.45, 7) is 1.72. The molecule has 0 amide bonds. The maximum Gasteiger partial charge on any atom is 0.339 e. The first kappa shape index (κ1) is 11.4. The Bertz CT molecular complexity index is 574. The average molecular weight is 253 g/mol. The minimum Gasteiger partial charge on any atom is -0.478 e. The Morgan fingerprint density at radius 1 is 1.59 bits per heavy atom. The van der Waals surface area contributed by atoms with Crippen molar-refractivity contribution in [1.29, 1.82) is 0 Å². The van der Waals surface area contributed by atoms with Crippen molar-refractivity contribution >= 4 is 23.3 Å². The molecule has 17 heavy (non-hydrogen) atoms. The number of pyridine rings is 1. The lowest BCUT2D eigenvalue weighted by atomic mass is 10.2. The van der Waals surface area contributed by atoms with Crippen molar-refractivity contribution in [3.8, 4) is 5.82 Å². The van der Waals surface area contributed by atoms with Crippen LogP contribution in [-0.4, -0.2) is 25.8 Å². The smallest absolute Gasteiger partial charge is 0.339 e. The highest BCUT2D eigenvalue weighted by Gasteiger charge is 2.15. The summed E-state index contributed by atoms with van der Waals surface area (Å²) in [7, 11) is 0. The Balaban J connectivity index is 2.62. The molecule has 0 bridgehead atoms. The second-order valence-corrected chi connectivity index (χ2v) is 3.86. The molecule has 0 saturated carbocycles. The van der Waals surface area contributed by atoms with Crippen LogP contribution in [0.4, 0.5) is 5.69 Å². The molecule has 2 heterocycles. The molecule has 0 spiro atoms. The molecule has 0 aliphatic heterocycles. The van der Waals surface area contributed by atoms with E-state index < -0.39 is 5.97 Å². The number of hydrogen-bond acceptors (Lipinski definition) is 4. The Morgan fingerprint density at radius 2 is 2.29 bits per heavy atom. The topological polar surface area (TPSA) is 94.0 Å². The molecule has 2 aromatic heterocycles. The lowest BCUT2D eigenvalue weighted by Gasteiger charge is -2.05. The van der Waals surface area contributed by atoms with Crippen LogP contribution in [-0.2, 0) is 0 Å². The predicted molar refractivity (Wildman–Crippen MR) is 62.5 cm³/mol. The average Bonchev–Trinajstić information content (AvgIpc) is 2.59. The molecule has 6 nitrogen and oxygen atoms in total. The van der Waals surface area contributed by atoms with Crippen molar-refractivity contribution < 1.29 is 9.90 Å². The molecule has 88 valence electrons. The molecule has 0 saturated heterocycles. The summed E-state index contributed by atoms with van der Waals surface area (Å²) < 4.78 is 1.32. The summed E-state index contributed by atoms with van der Waals surface area (Å²) in [6, 6.07) is 1.33. The summed E-state index contributed by atoms with van der Waals surface area (Å²) in [4.78, 5) is 15.0. The molecule has 0 unspecified atom stereocenters. The van der Waals surface area contributed by atoms with Crippen molar-refractivity contribution in [2.75, 3.05) is 5.73 Å². The molecule has 2 aromatic rings. The molecule has 0 atom stereocenters. The van der Waals surface area contributed by atoms with E-state index in [0.717, 1.165) is 0 Å². The molecule has 0 fully saturated rings. The molecule has 0 radical (unpaired) electrons. The van der Waals surface area contributed by atoms with Crippen molar-refractivity contribution in [2.45, 2.75) is 6.92 Å². The standard InChI is InChI=1S/C10H9ClN4O2/c1-5-8(11)4-15(14-5)9-7(10(16)17)2-6(12)3-13-9/h2-4H,12H2,1H3,(H,16,17). The largest absolute Gasteiger partial charge is 0.478 e. The van der Waals surface area contributed by atoms with E-state index in [-0.39, 0.29) is 17.1 Å². The predicted octanol–water partition coefficient (Wildman–Crippen LogP) is 1.51. The van der Waals surface area contributed by atoms with E-state index in [9.17, 15) is 4.79 Å². The van der Waals surface area contributed by atoms with Gasteiger partial charge in [-0.15, -0.1) is 0 Å². The molecular formula is C10H9ClN4O2. The van der Waals surface area contributed by atoms with Crippen LogP contribution in [0.15, 0.2) is 18.5 Å². The van der Waals surface area contributed by atoms with Gasteiger partial charge in [-0.05, 0) is 13.0 Å². The minimum atomic E-state index is -1.12. The van der Waals surface area contributed by atoms with Gasteiger partial charge in [0.05, 0.1) is 28.8 Å². The summed E-state index contributed by atoms with van der Waals surface area (Å²) >= 11 is 5.86. The first-order valence-electron chi connectivity index (χ1n) is 4.70. The van der Waals surface area contributed by atoms with Crippen LogP contribution in [0.1, 0.15) is 16.1 Å². The molecule has 0 aromatic carbocycles. The fourth-order valence-corrected chi connectivity index (χ4v) is 1.49. The highest BCUT2D eigenvalue weighted by molar-refractivity contribution is 6.31. The van der Waals surface area contributed by atoms with E-state index in [1.54, 1.807) is 6.92 Å². The maximum absolute atomic E-state index is 11.1. The highest BCUT2D eigenvalue weighted by atomic mass is 35.5. The van der Waals surface area contributed by atoms with Crippen LogP contribution in [0.5, 0.6) is 0 Å². The lowest BCUT2D eigenvalue weighted by molar-refractivity contribution is 0.0696. The summed E-state index contributed by atoms with van der Waals surface area (Å²) in [5.74, 6) is -0.939. The zero-order valence-electron chi connectivity index (χ0n) is 8.88. The Kier molecular flexibility index (Phi) is 2.72. The van der Waals surface area contributed by atoms with Gasteiger partial charge in [-0.25, -0.2) is 14.5 Å². The highest BCUT2D eigenvalue weighted by Crippen LogP contribution is 2.19. The molecule has 2 rings (SSSR count).